The predicted octanol–water partition coefficient (Wildman–Crippen LogP) is 1.77. The van der Waals surface area contributed by atoms with Crippen molar-refractivity contribution < 1.29 is 8.98 Å². The minimum atomic E-state index is -1.58. The number of urea groups is 1. The number of nitrogens with zero attached hydrogens (tertiary/aromatic N) is 1. The van der Waals surface area contributed by atoms with E-state index in [-0.39, 0.29) is 12.1 Å². The first-order chi connectivity index (χ1) is 7.62. The summed E-state index contributed by atoms with van der Waals surface area (Å²) in [6.45, 7) is 3.83. The molecule has 1 unspecified atom stereocenters. The standard InChI is InChI=1S/C10H15N3O2S/c1-8(2)12-10(14)13-16(7-15-16)9-4-3-5-11-6-9/h3-6,8H,7H2,1-2H3,(H2,12,13,14). The molecule has 88 valence electrons. The molecule has 6 heteroatoms. The molecule has 2 amide bonds. The summed E-state index contributed by atoms with van der Waals surface area (Å²) in [5.41, 5.74) is 0. The first-order valence-electron chi connectivity index (χ1n) is 5.06. The summed E-state index contributed by atoms with van der Waals surface area (Å²) in [7, 11) is -1.58. The van der Waals surface area contributed by atoms with Crippen molar-refractivity contribution in [1.29, 1.82) is 0 Å². The van der Waals surface area contributed by atoms with E-state index in [0.717, 1.165) is 4.90 Å². The van der Waals surface area contributed by atoms with E-state index >= 15 is 0 Å². The van der Waals surface area contributed by atoms with Gasteiger partial charge < -0.3 is 5.32 Å². The molecule has 1 aliphatic rings. The highest BCUT2D eigenvalue weighted by Gasteiger charge is 2.43. The van der Waals surface area contributed by atoms with Crippen LogP contribution in [0.1, 0.15) is 13.8 Å². The number of carbonyl (C=O) groups excluding carboxylic acids is 1. The second kappa shape index (κ2) is 4.31. The third kappa shape index (κ3) is 2.45. The lowest BCUT2D eigenvalue weighted by Gasteiger charge is -2.19. The molecular weight excluding hydrogens is 226 g/mol. The van der Waals surface area contributed by atoms with Crippen molar-refractivity contribution in [2.45, 2.75) is 24.8 Å². The lowest BCUT2D eigenvalue weighted by molar-refractivity contribution is 0.244. The van der Waals surface area contributed by atoms with Crippen molar-refractivity contribution in [3.05, 3.63) is 24.5 Å². The Morgan fingerprint density at radius 2 is 2.38 bits per heavy atom. The van der Waals surface area contributed by atoms with Crippen LogP contribution in [-0.4, -0.2) is 23.0 Å². The van der Waals surface area contributed by atoms with Crippen molar-refractivity contribution in [1.82, 2.24) is 15.0 Å². The highest BCUT2D eigenvalue weighted by Crippen LogP contribution is 2.65. The summed E-state index contributed by atoms with van der Waals surface area (Å²) in [6.07, 6.45) is 3.44. The normalized spacial score (nSPS) is 26.9. The van der Waals surface area contributed by atoms with Gasteiger partial charge in [-0.2, -0.15) is 0 Å². The van der Waals surface area contributed by atoms with Gasteiger partial charge in [-0.25, -0.2) is 4.79 Å². The minimum Gasteiger partial charge on any atom is -0.335 e. The molecule has 2 heterocycles. The van der Waals surface area contributed by atoms with E-state index in [1.54, 1.807) is 12.4 Å². The Labute approximate surface area is 96.2 Å². The van der Waals surface area contributed by atoms with Gasteiger partial charge in [0.05, 0.1) is 4.90 Å². The summed E-state index contributed by atoms with van der Waals surface area (Å²) in [6, 6.07) is 3.69. The Balaban J connectivity index is 2.02. The van der Waals surface area contributed by atoms with Gasteiger partial charge in [0.2, 0.25) is 0 Å². The average Bonchev–Trinajstić information content (AvgIpc) is 2.99. The molecule has 0 saturated carbocycles. The summed E-state index contributed by atoms with van der Waals surface area (Å²) >= 11 is 0. The Hall–Kier alpha value is -1.27. The molecular formula is C10H15N3O2S. The Bertz CT molecular complexity index is 379. The van der Waals surface area contributed by atoms with E-state index < -0.39 is 10.5 Å². The highest BCUT2D eigenvalue weighted by atomic mass is 32.3. The Kier molecular flexibility index (Phi) is 3.02. The number of nitrogens with one attached hydrogen (secondary N) is 2. The van der Waals surface area contributed by atoms with Crippen LogP contribution in [0, 0.1) is 0 Å². The van der Waals surface area contributed by atoms with Gasteiger partial charge in [-0.1, -0.05) is 0 Å². The van der Waals surface area contributed by atoms with Crippen LogP contribution >= 0.6 is 10.5 Å². The topological polar surface area (TPSA) is 66.5 Å². The van der Waals surface area contributed by atoms with Gasteiger partial charge in [-0.3, -0.25) is 13.9 Å². The number of hydrogen-bond acceptors (Lipinski definition) is 3. The first-order valence-corrected chi connectivity index (χ1v) is 6.79. The smallest absolute Gasteiger partial charge is 0.325 e. The lowest BCUT2D eigenvalue weighted by atomic mass is 10.4. The van der Waals surface area contributed by atoms with Crippen LogP contribution < -0.4 is 10.0 Å². The highest BCUT2D eigenvalue weighted by molar-refractivity contribution is 8.33. The maximum absolute atomic E-state index is 11.6. The Morgan fingerprint density at radius 3 is 2.88 bits per heavy atom. The van der Waals surface area contributed by atoms with Crippen LogP contribution in [0.4, 0.5) is 4.79 Å². The second-order valence-corrected chi connectivity index (χ2v) is 6.33. The van der Waals surface area contributed by atoms with Crippen LogP contribution in [0.2, 0.25) is 0 Å². The number of hydrogen-bond donors (Lipinski definition) is 2. The predicted molar refractivity (Wildman–Crippen MR) is 62.8 cm³/mol. The van der Waals surface area contributed by atoms with Crippen molar-refractivity contribution in [2.75, 3.05) is 5.94 Å². The molecule has 1 aliphatic heterocycles. The maximum atomic E-state index is 11.6. The number of rotatable bonds is 3. The van der Waals surface area contributed by atoms with E-state index in [1.807, 2.05) is 26.0 Å². The first kappa shape index (κ1) is 11.2. The minimum absolute atomic E-state index is 0.115. The van der Waals surface area contributed by atoms with E-state index in [4.69, 9.17) is 4.18 Å². The molecule has 5 nitrogen and oxygen atoms in total. The number of amides is 2. The Morgan fingerprint density at radius 1 is 1.62 bits per heavy atom. The van der Waals surface area contributed by atoms with Crippen molar-refractivity contribution in [3.8, 4) is 0 Å². The molecule has 16 heavy (non-hydrogen) atoms. The van der Waals surface area contributed by atoms with Gasteiger partial charge in [0, 0.05) is 18.4 Å². The van der Waals surface area contributed by atoms with E-state index in [1.165, 1.54) is 0 Å². The fourth-order valence-corrected chi connectivity index (χ4v) is 3.07. The van der Waals surface area contributed by atoms with E-state index in [2.05, 4.69) is 15.0 Å². The third-order valence-electron chi connectivity index (χ3n) is 2.05. The van der Waals surface area contributed by atoms with Crippen LogP contribution in [0.3, 0.4) is 0 Å². The fraction of sp³-hybridized carbons (Fsp3) is 0.400. The molecule has 0 aliphatic carbocycles. The third-order valence-corrected chi connectivity index (χ3v) is 4.27. The molecule has 1 aromatic rings. The molecule has 1 atom stereocenters. The van der Waals surface area contributed by atoms with Gasteiger partial charge in [0.15, 0.2) is 0 Å². The summed E-state index contributed by atoms with van der Waals surface area (Å²) < 4.78 is 8.29. The molecule has 1 aromatic heterocycles. The van der Waals surface area contributed by atoms with E-state index in [9.17, 15) is 4.79 Å². The molecule has 2 N–H and O–H groups in total. The molecule has 1 fully saturated rings. The maximum Gasteiger partial charge on any atom is 0.325 e. The van der Waals surface area contributed by atoms with Crippen LogP contribution in [-0.2, 0) is 4.18 Å². The van der Waals surface area contributed by atoms with Crippen LogP contribution in [0.15, 0.2) is 29.4 Å². The quantitative estimate of drug-likeness (QED) is 0.793. The second-order valence-electron chi connectivity index (χ2n) is 3.83. The van der Waals surface area contributed by atoms with Crippen LogP contribution in [0.25, 0.3) is 0 Å². The average molecular weight is 241 g/mol. The van der Waals surface area contributed by atoms with Crippen LogP contribution in [0.5, 0.6) is 0 Å². The van der Waals surface area contributed by atoms with Gasteiger partial charge in [0.1, 0.15) is 5.94 Å². The fourth-order valence-electron chi connectivity index (χ4n) is 1.29. The van der Waals surface area contributed by atoms with Gasteiger partial charge in [-0.05, 0) is 36.5 Å². The van der Waals surface area contributed by atoms with Gasteiger partial charge >= 0.3 is 6.03 Å². The summed E-state index contributed by atoms with van der Waals surface area (Å²) in [4.78, 5) is 16.6. The van der Waals surface area contributed by atoms with Crippen molar-refractivity contribution in [3.63, 3.8) is 0 Å². The zero-order chi connectivity index (χ0) is 11.6. The summed E-state index contributed by atoms with van der Waals surface area (Å²) in [5.74, 6) is 0.574. The zero-order valence-corrected chi connectivity index (χ0v) is 10.1. The molecule has 2 rings (SSSR count). The largest absolute Gasteiger partial charge is 0.335 e. The zero-order valence-electron chi connectivity index (χ0n) is 9.27. The van der Waals surface area contributed by atoms with Gasteiger partial charge in [-0.15, -0.1) is 0 Å². The number of pyridine rings is 1. The molecule has 1 saturated heterocycles. The number of aromatic nitrogens is 1. The molecule has 0 spiro atoms. The number of carbonyl (C=O) groups is 1. The van der Waals surface area contributed by atoms with Crippen molar-refractivity contribution in [2.24, 2.45) is 0 Å². The monoisotopic (exact) mass is 241 g/mol. The SMILES string of the molecule is CC(C)NC(=O)NS1(c2cccnc2)CO1. The summed E-state index contributed by atoms with van der Waals surface area (Å²) in [5, 5.41) is 2.78. The molecule has 0 radical (unpaired) electrons. The molecule has 0 aromatic carbocycles. The van der Waals surface area contributed by atoms with E-state index in [0.29, 0.717) is 5.94 Å². The molecule has 0 bridgehead atoms. The van der Waals surface area contributed by atoms with Gasteiger partial charge in [0.25, 0.3) is 0 Å². The van der Waals surface area contributed by atoms with Crippen molar-refractivity contribution >= 4 is 16.5 Å². The lowest BCUT2D eigenvalue weighted by Crippen LogP contribution is -2.38.